The van der Waals surface area contributed by atoms with Gasteiger partial charge in [0.25, 0.3) is 11.7 Å². The van der Waals surface area contributed by atoms with Crippen LogP contribution in [0.5, 0.6) is 0 Å². The van der Waals surface area contributed by atoms with Crippen LogP contribution in [0.3, 0.4) is 0 Å². The van der Waals surface area contributed by atoms with E-state index in [1.807, 2.05) is 71.1 Å². The van der Waals surface area contributed by atoms with Crippen LogP contribution in [0.1, 0.15) is 185 Å². The molecular weight excluding hydrogens is 1270 g/mol. The number of hydrogen-bond acceptors (Lipinski definition) is 21. The number of fused-ring (bicyclic) bond motifs is 8. The Bertz CT molecular complexity index is 3270. The van der Waals surface area contributed by atoms with E-state index in [1.165, 1.54) is 18.9 Å². The number of carbonyl (C=O) groups is 8. The molecule has 1 amide bonds. The lowest BCUT2D eigenvalue weighted by atomic mass is 9.45. The lowest BCUT2D eigenvalue weighted by Gasteiger charge is -2.60. The first kappa shape index (κ1) is 78.7. The average molecular weight is 1380 g/mol. The fraction of sp³-hybridized carbons (Fsp3) is 0.724. The molecule has 0 radical (unpaired) electrons. The van der Waals surface area contributed by atoms with Gasteiger partial charge in [0.05, 0.1) is 30.5 Å². The van der Waals surface area contributed by atoms with Gasteiger partial charge in [0.1, 0.15) is 42.1 Å². The zero-order valence-electron chi connectivity index (χ0n) is 60.7. The van der Waals surface area contributed by atoms with Crippen molar-refractivity contribution in [1.82, 2.24) is 25.1 Å². The van der Waals surface area contributed by atoms with Crippen LogP contribution in [-0.2, 0) is 66.8 Å². The predicted molar refractivity (Wildman–Crippen MR) is 365 cm³/mol. The lowest BCUT2D eigenvalue weighted by molar-refractivity contribution is -0.265. The summed E-state index contributed by atoms with van der Waals surface area (Å²) in [4.78, 5) is 108. The minimum atomic E-state index is -2.43. The highest BCUT2D eigenvalue weighted by atomic mass is 16.6. The normalized spacial score (nSPS) is 41.3. The molecule has 548 valence electrons. The Balaban J connectivity index is 0.000000343. The second-order valence-corrected chi connectivity index (χ2v) is 30.7. The van der Waals surface area contributed by atoms with Crippen molar-refractivity contribution in [3.63, 3.8) is 0 Å². The number of aromatic nitrogens is 4. The number of tetrazole rings is 1. The van der Waals surface area contributed by atoms with Gasteiger partial charge in [0.15, 0.2) is 18.2 Å². The van der Waals surface area contributed by atoms with E-state index < -0.39 is 119 Å². The highest BCUT2D eigenvalue weighted by Crippen LogP contribution is 2.68. The number of aliphatic hydroxyl groups is 4. The van der Waals surface area contributed by atoms with Crippen molar-refractivity contribution in [3.05, 3.63) is 77.7 Å². The number of amides is 1. The van der Waals surface area contributed by atoms with Crippen molar-refractivity contribution < 1.29 is 87.2 Å². The van der Waals surface area contributed by atoms with Crippen LogP contribution in [0.2, 0.25) is 0 Å². The SMILES string of the molecule is CC(=O)OCC(=O)[C@@]1(O)CC[C@H]2[C@@H]3C[C@H](C)C4=CC(=O)C=C[C@]4(C)[C@H]3[C@@H](O)C[C@@]21C.CO[C@H]1C[C@@H]2CC[C@@H](C)[C@@](O)(O2)C(=O)C(=O)N2CCCC[C@H]2C(=O)O[C@H]([C@H](C)C[C@@H]2CC[C@H](n3cnnn3)[C@H](OC)C2)CC(=O)[C@H](C)/C=C(\C)[C@@H](O)[C@@H](OC)C(=O)[C@H](C)C[C@H](C)/C=C/C=C/C=C/1C. The minimum Gasteiger partial charge on any atom is -0.460 e. The van der Waals surface area contributed by atoms with Gasteiger partial charge in [0, 0.05) is 82.1 Å². The van der Waals surface area contributed by atoms with Crippen molar-refractivity contribution >= 4 is 46.8 Å². The van der Waals surface area contributed by atoms with Crippen LogP contribution in [0.4, 0.5) is 0 Å². The van der Waals surface area contributed by atoms with Crippen LogP contribution in [0.15, 0.2) is 77.7 Å². The predicted octanol–water partition coefficient (Wildman–Crippen LogP) is 8.42. The summed E-state index contributed by atoms with van der Waals surface area (Å²) in [6.45, 7) is 19.7. The zero-order chi connectivity index (χ0) is 72.6. The number of allylic oxidation sites excluding steroid dienone is 10. The van der Waals surface area contributed by atoms with Crippen molar-refractivity contribution in [3.8, 4) is 0 Å². The first-order valence-electron chi connectivity index (χ1n) is 36.0. The molecule has 2 bridgehead atoms. The average Bonchev–Trinajstić information content (AvgIpc) is 1.63. The standard InChI is InChI=1S/C52H79N5O12.C24H32O6/c1-31-16-12-11-13-17-32(2)43(65-8)28-39-21-19-37(7)52(64,69-39)49(61)50(62)56-23-15-14-18-41(56)51(63)68-44(34(4)26-38-20-22-40(45(27-38)66-9)57-30-53-54-55-57)29-42(58)33(3)25-36(6)47(60)48(67-10)46(59)35(5)24-31;1-13-9-16-17-6-8-24(29,20(28)12-30-14(2)25)23(17,4)11-19(27)21(16)22(3)7-5-15(26)10-18(13)22/h11-13,16-17,25,30-31,33-35,37-41,43-45,47-48,60,64H,14-15,18-24,26-29H2,1-10H3;5,7,10,13,16-17,19,21,27,29H,6,8-9,11-12H2,1-4H3/b13-11+,16-12+,32-17+,36-25+;/t31-,33-,34-,35-,37-,38+,39+,40+,41+,43+,44+,45-,47-,48+,52-;13-,16-,17-,19-,21+,22-,23-,24-/m10/s1. The molecule has 8 aliphatic rings. The first-order valence-corrected chi connectivity index (χ1v) is 36.0. The summed E-state index contributed by atoms with van der Waals surface area (Å²) >= 11 is 0. The van der Waals surface area contributed by atoms with Gasteiger partial charge >= 0.3 is 11.9 Å². The second kappa shape index (κ2) is 33.4. The number of aliphatic hydroxyl groups excluding tert-OH is 2. The van der Waals surface area contributed by atoms with Crippen molar-refractivity contribution in [1.29, 1.82) is 0 Å². The summed E-state index contributed by atoms with van der Waals surface area (Å²) in [6, 6.07) is -1.19. The first-order chi connectivity index (χ1) is 46.8. The van der Waals surface area contributed by atoms with Crippen LogP contribution in [-0.4, -0.2) is 187 Å². The molecule has 1 aromatic rings. The number of Topliss-reactive ketones (excluding diaryl/α,β-unsaturated/α-hetero) is 4. The molecule has 23 nitrogen and oxygen atoms in total. The molecule has 23 atom stereocenters. The number of hydrogen-bond donors (Lipinski definition) is 4. The number of rotatable bonds is 10. The Hall–Kier alpha value is -6.05. The van der Waals surface area contributed by atoms with Gasteiger partial charge in [-0.25, -0.2) is 9.48 Å². The van der Waals surface area contributed by atoms with E-state index in [4.69, 9.17) is 28.4 Å². The van der Waals surface area contributed by atoms with E-state index in [0.29, 0.717) is 76.2 Å². The van der Waals surface area contributed by atoms with Crippen LogP contribution >= 0.6 is 0 Å². The van der Waals surface area contributed by atoms with Gasteiger partial charge in [-0.05, 0) is 173 Å². The Morgan fingerprint density at radius 2 is 1.58 bits per heavy atom. The molecule has 2 saturated heterocycles. The van der Waals surface area contributed by atoms with Gasteiger partial charge in [-0.2, -0.15) is 0 Å². The smallest absolute Gasteiger partial charge is 0.329 e. The maximum atomic E-state index is 14.5. The van der Waals surface area contributed by atoms with E-state index in [9.17, 15) is 58.8 Å². The molecule has 6 fully saturated rings. The molecule has 9 rings (SSSR count). The molecule has 99 heavy (non-hydrogen) atoms. The highest BCUT2D eigenvalue weighted by Gasteiger charge is 2.69. The molecule has 1 aromatic heterocycles. The van der Waals surface area contributed by atoms with Crippen molar-refractivity contribution in [2.45, 2.75) is 245 Å². The maximum Gasteiger partial charge on any atom is 0.329 e. The maximum absolute atomic E-state index is 14.5. The topological polar surface area (TPSA) is 320 Å². The number of ketones is 5. The molecule has 4 saturated carbocycles. The van der Waals surface area contributed by atoms with Gasteiger partial charge in [-0.15, -0.1) is 5.10 Å². The molecule has 4 heterocycles. The largest absolute Gasteiger partial charge is 0.460 e. The van der Waals surface area contributed by atoms with Crippen LogP contribution < -0.4 is 0 Å². The van der Waals surface area contributed by atoms with E-state index in [0.717, 1.165) is 30.4 Å². The van der Waals surface area contributed by atoms with E-state index >= 15 is 0 Å². The fourth-order valence-corrected chi connectivity index (χ4v) is 18.2. The third-order valence-electron chi connectivity index (χ3n) is 24.0. The van der Waals surface area contributed by atoms with E-state index in [2.05, 4.69) is 29.4 Å². The quantitative estimate of drug-likeness (QED) is 0.0970. The van der Waals surface area contributed by atoms with Gasteiger partial charge in [-0.3, -0.25) is 33.6 Å². The van der Waals surface area contributed by atoms with Crippen molar-refractivity contribution in [2.24, 2.45) is 70.0 Å². The zero-order valence-corrected chi connectivity index (χ0v) is 60.7. The fourth-order valence-electron chi connectivity index (χ4n) is 18.2. The summed E-state index contributed by atoms with van der Waals surface area (Å²) < 4.78 is 36.5. The van der Waals surface area contributed by atoms with Gasteiger partial charge < -0.3 is 53.7 Å². The van der Waals surface area contributed by atoms with Crippen LogP contribution in [0, 0.1) is 70.0 Å². The molecule has 23 heteroatoms. The third kappa shape index (κ3) is 17.2. The summed E-state index contributed by atoms with van der Waals surface area (Å²) in [5.41, 5.74) is -0.446. The Kier molecular flexibility index (Phi) is 26.5. The number of carbonyl (C=O) groups excluding carboxylic acids is 8. The molecule has 3 aliphatic heterocycles. The van der Waals surface area contributed by atoms with Crippen LogP contribution in [0.25, 0.3) is 0 Å². The third-order valence-corrected chi connectivity index (χ3v) is 24.0. The van der Waals surface area contributed by atoms with Gasteiger partial charge in [-0.1, -0.05) is 103 Å². The molecule has 4 N–H and O–H groups in total. The number of piperidine rings is 1. The summed E-state index contributed by atoms with van der Waals surface area (Å²) in [6.07, 6.45) is 20.6. The van der Waals surface area contributed by atoms with Crippen molar-refractivity contribution in [2.75, 3.05) is 34.5 Å². The second-order valence-electron chi connectivity index (χ2n) is 30.7. The Morgan fingerprint density at radius 1 is 0.838 bits per heavy atom. The summed E-state index contributed by atoms with van der Waals surface area (Å²) in [5.74, 6) is -8.63. The van der Waals surface area contributed by atoms with E-state index in [1.54, 1.807) is 64.2 Å². The molecule has 5 aliphatic carbocycles. The number of ether oxygens (including phenoxy) is 6. The highest BCUT2D eigenvalue weighted by molar-refractivity contribution is 6.39. The summed E-state index contributed by atoms with van der Waals surface area (Å²) in [5, 5.41) is 58.1. The number of cyclic esters (lactones) is 1. The Labute approximate surface area is 584 Å². The number of nitrogens with zero attached hydrogens (tertiary/aromatic N) is 5. The molecular formula is C76H111N5O18. The molecule has 0 unspecified atom stereocenters. The van der Waals surface area contributed by atoms with Gasteiger partial charge in [0.2, 0.25) is 11.6 Å². The molecule has 0 spiro atoms. The Morgan fingerprint density at radius 3 is 2.25 bits per heavy atom. The number of esters is 2. The molecule has 0 aromatic carbocycles. The number of methoxy groups -OCH3 is 3. The minimum absolute atomic E-state index is 0.00535. The van der Waals surface area contributed by atoms with E-state index in [-0.39, 0.29) is 90.3 Å². The lowest BCUT2D eigenvalue weighted by Crippen LogP contribution is -2.62. The summed E-state index contributed by atoms with van der Waals surface area (Å²) in [7, 11) is 4.62. The monoisotopic (exact) mass is 1380 g/mol.